The van der Waals surface area contributed by atoms with Gasteiger partial charge in [0, 0.05) is 10.4 Å². The minimum atomic E-state index is -3.76. The number of hydrogen-bond acceptors (Lipinski definition) is 4. The third kappa shape index (κ3) is 5.79. The molecule has 0 heterocycles. The molecule has 0 fully saturated rings. The Morgan fingerprint density at radius 3 is 2.45 bits per heavy atom. The Kier molecular flexibility index (Phi) is 7.06. The van der Waals surface area contributed by atoms with Gasteiger partial charge in [-0.2, -0.15) is 4.72 Å². The number of sulfonamides is 1. The van der Waals surface area contributed by atoms with Crippen molar-refractivity contribution in [1.82, 2.24) is 4.72 Å². The summed E-state index contributed by atoms with van der Waals surface area (Å²) in [5.74, 6) is -0.774. The van der Waals surface area contributed by atoms with Crippen LogP contribution in [0, 0.1) is 5.92 Å². The molecule has 0 saturated carbocycles. The molecule has 0 aliphatic rings. The van der Waals surface area contributed by atoms with Crippen LogP contribution >= 0.6 is 11.6 Å². The number of rotatable bonds is 7. The summed E-state index contributed by atoms with van der Waals surface area (Å²) in [5, 5.41) is 1.59. The van der Waals surface area contributed by atoms with Gasteiger partial charge in [0.05, 0.1) is 7.11 Å². The lowest BCUT2D eigenvalue weighted by Crippen LogP contribution is -2.44. The number of ether oxygens (including phenoxy) is 1. The standard InChI is InChI=1S/C15H20ClNO4S/c1-4-11(2)14(15(18)21-3)17-22(19,20)10-9-12-5-7-13(16)8-6-12/h5-11,14,17H,4H2,1-3H3/b10-9+/t11-,14+/m0/s1. The number of hydrogen-bond donors (Lipinski definition) is 1. The van der Waals surface area contributed by atoms with Crippen LogP contribution in [0.3, 0.4) is 0 Å². The predicted octanol–water partition coefficient (Wildman–Crippen LogP) is 2.82. The fraction of sp³-hybridized carbons (Fsp3) is 0.400. The molecular weight excluding hydrogens is 326 g/mol. The van der Waals surface area contributed by atoms with Gasteiger partial charge in [-0.05, 0) is 29.7 Å². The Bertz CT molecular complexity index is 625. The molecule has 0 amide bonds. The average molecular weight is 346 g/mol. The molecule has 1 rings (SSSR count). The van der Waals surface area contributed by atoms with Gasteiger partial charge in [-0.25, -0.2) is 8.42 Å². The summed E-state index contributed by atoms with van der Waals surface area (Å²) < 4.78 is 31.2. The molecule has 0 aromatic heterocycles. The van der Waals surface area contributed by atoms with E-state index in [1.165, 1.54) is 13.2 Å². The monoisotopic (exact) mass is 345 g/mol. The van der Waals surface area contributed by atoms with Crippen LogP contribution in [0.25, 0.3) is 6.08 Å². The minimum Gasteiger partial charge on any atom is -0.468 e. The number of carbonyl (C=O) groups excluding carboxylic acids is 1. The zero-order valence-corrected chi connectivity index (χ0v) is 14.3. The molecule has 7 heteroatoms. The summed E-state index contributed by atoms with van der Waals surface area (Å²) in [6.07, 6.45) is 2.08. The molecule has 0 unspecified atom stereocenters. The van der Waals surface area contributed by atoms with E-state index in [9.17, 15) is 13.2 Å². The zero-order chi connectivity index (χ0) is 16.8. The fourth-order valence-electron chi connectivity index (χ4n) is 1.72. The SMILES string of the molecule is CC[C@H](C)[C@@H](NS(=O)(=O)/C=C/c1ccc(Cl)cc1)C(=O)OC. The first-order valence-electron chi connectivity index (χ1n) is 6.83. The Morgan fingerprint density at radius 2 is 1.95 bits per heavy atom. The first-order chi connectivity index (χ1) is 10.3. The molecule has 1 N–H and O–H groups in total. The first-order valence-corrected chi connectivity index (χ1v) is 8.75. The summed E-state index contributed by atoms with van der Waals surface area (Å²) in [4.78, 5) is 11.7. The lowest BCUT2D eigenvalue weighted by molar-refractivity contribution is -0.143. The van der Waals surface area contributed by atoms with Crippen LogP contribution in [-0.4, -0.2) is 27.5 Å². The van der Waals surface area contributed by atoms with Crippen molar-refractivity contribution in [3.63, 3.8) is 0 Å². The second-order valence-electron chi connectivity index (χ2n) is 4.90. The Balaban J connectivity index is 2.88. The maximum atomic E-state index is 12.1. The van der Waals surface area contributed by atoms with Crippen LogP contribution in [0.1, 0.15) is 25.8 Å². The van der Waals surface area contributed by atoms with Crippen molar-refractivity contribution in [2.24, 2.45) is 5.92 Å². The molecule has 5 nitrogen and oxygen atoms in total. The molecule has 0 spiro atoms. The molecule has 0 aliphatic heterocycles. The zero-order valence-electron chi connectivity index (χ0n) is 12.7. The lowest BCUT2D eigenvalue weighted by Gasteiger charge is -2.20. The normalized spacial score (nSPS) is 14.7. The largest absolute Gasteiger partial charge is 0.468 e. The first kappa shape index (κ1) is 18.7. The Labute approximate surface area is 136 Å². The highest BCUT2D eigenvalue weighted by molar-refractivity contribution is 7.92. The van der Waals surface area contributed by atoms with E-state index in [0.29, 0.717) is 17.0 Å². The van der Waals surface area contributed by atoms with Crippen LogP contribution in [-0.2, 0) is 19.6 Å². The lowest BCUT2D eigenvalue weighted by atomic mass is 10.0. The van der Waals surface area contributed by atoms with E-state index in [1.54, 1.807) is 31.2 Å². The van der Waals surface area contributed by atoms with Crippen molar-refractivity contribution in [2.75, 3.05) is 7.11 Å². The van der Waals surface area contributed by atoms with Crippen LogP contribution in [0.5, 0.6) is 0 Å². The van der Waals surface area contributed by atoms with E-state index in [0.717, 1.165) is 5.41 Å². The summed E-state index contributed by atoms with van der Waals surface area (Å²) in [5.41, 5.74) is 0.688. The van der Waals surface area contributed by atoms with Crippen LogP contribution in [0.15, 0.2) is 29.7 Å². The van der Waals surface area contributed by atoms with Crippen LogP contribution in [0.4, 0.5) is 0 Å². The Hall–Kier alpha value is -1.37. The second kappa shape index (κ2) is 8.31. The van der Waals surface area contributed by atoms with E-state index >= 15 is 0 Å². The molecule has 122 valence electrons. The van der Waals surface area contributed by atoms with E-state index in [1.807, 2.05) is 6.92 Å². The van der Waals surface area contributed by atoms with E-state index in [4.69, 9.17) is 11.6 Å². The molecule has 1 aromatic carbocycles. The Morgan fingerprint density at radius 1 is 1.36 bits per heavy atom. The number of carbonyl (C=O) groups is 1. The van der Waals surface area contributed by atoms with Crippen molar-refractivity contribution in [3.05, 3.63) is 40.3 Å². The van der Waals surface area contributed by atoms with Crippen molar-refractivity contribution in [3.8, 4) is 0 Å². The van der Waals surface area contributed by atoms with Crippen molar-refractivity contribution in [1.29, 1.82) is 0 Å². The van der Waals surface area contributed by atoms with Gasteiger partial charge >= 0.3 is 5.97 Å². The highest BCUT2D eigenvalue weighted by Gasteiger charge is 2.28. The van der Waals surface area contributed by atoms with Gasteiger partial charge in [0.2, 0.25) is 10.0 Å². The summed E-state index contributed by atoms with van der Waals surface area (Å²) in [6, 6.07) is 5.81. The molecule has 0 bridgehead atoms. The third-order valence-corrected chi connectivity index (χ3v) is 4.60. The number of benzene rings is 1. The van der Waals surface area contributed by atoms with E-state index < -0.39 is 22.0 Å². The molecule has 0 aliphatic carbocycles. The van der Waals surface area contributed by atoms with Gasteiger partial charge in [0.25, 0.3) is 0 Å². The van der Waals surface area contributed by atoms with E-state index in [2.05, 4.69) is 9.46 Å². The summed E-state index contributed by atoms with van der Waals surface area (Å²) in [6.45, 7) is 3.66. The number of methoxy groups -OCH3 is 1. The van der Waals surface area contributed by atoms with E-state index in [-0.39, 0.29) is 5.92 Å². The molecule has 22 heavy (non-hydrogen) atoms. The van der Waals surface area contributed by atoms with Gasteiger partial charge in [0.15, 0.2) is 0 Å². The predicted molar refractivity (Wildman–Crippen MR) is 87.8 cm³/mol. The quantitative estimate of drug-likeness (QED) is 0.771. The number of nitrogens with one attached hydrogen (secondary N) is 1. The summed E-state index contributed by atoms with van der Waals surface area (Å²) >= 11 is 5.77. The minimum absolute atomic E-state index is 0.175. The van der Waals surface area contributed by atoms with Crippen molar-refractivity contribution < 1.29 is 17.9 Å². The topological polar surface area (TPSA) is 72.5 Å². The molecule has 0 radical (unpaired) electrons. The molecule has 0 saturated heterocycles. The maximum Gasteiger partial charge on any atom is 0.324 e. The number of esters is 1. The molecule has 1 aromatic rings. The summed E-state index contributed by atoms with van der Waals surface area (Å²) in [7, 11) is -2.53. The van der Waals surface area contributed by atoms with Crippen molar-refractivity contribution >= 4 is 33.7 Å². The van der Waals surface area contributed by atoms with Gasteiger partial charge in [-0.1, -0.05) is 44.0 Å². The maximum absolute atomic E-state index is 12.1. The van der Waals surface area contributed by atoms with Crippen LogP contribution in [0.2, 0.25) is 5.02 Å². The molecular formula is C15H20ClNO4S. The van der Waals surface area contributed by atoms with Gasteiger partial charge < -0.3 is 4.74 Å². The number of halogens is 1. The van der Waals surface area contributed by atoms with Crippen LogP contribution < -0.4 is 4.72 Å². The highest BCUT2D eigenvalue weighted by Crippen LogP contribution is 2.13. The fourth-order valence-corrected chi connectivity index (χ4v) is 2.94. The van der Waals surface area contributed by atoms with Crippen molar-refractivity contribution in [2.45, 2.75) is 26.3 Å². The second-order valence-corrected chi connectivity index (χ2v) is 6.94. The molecule has 2 atom stereocenters. The smallest absolute Gasteiger partial charge is 0.324 e. The van der Waals surface area contributed by atoms with Gasteiger partial charge in [-0.15, -0.1) is 0 Å². The van der Waals surface area contributed by atoms with Gasteiger partial charge in [0.1, 0.15) is 6.04 Å². The van der Waals surface area contributed by atoms with Gasteiger partial charge in [-0.3, -0.25) is 4.79 Å². The highest BCUT2D eigenvalue weighted by atomic mass is 35.5. The third-order valence-electron chi connectivity index (χ3n) is 3.27. The average Bonchev–Trinajstić information content (AvgIpc) is 2.50.